The Balaban J connectivity index is 1.44. The molecule has 164 valence electrons. The molecule has 1 saturated carbocycles. The highest BCUT2D eigenvalue weighted by Crippen LogP contribution is 2.47. The largest absolute Gasteiger partial charge is 0.496 e. The van der Waals surface area contributed by atoms with Crippen LogP contribution in [0.3, 0.4) is 0 Å². The maximum atomic E-state index is 13.1. The van der Waals surface area contributed by atoms with E-state index in [1.165, 1.54) is 13.2 Å². The molecule has 0 saturated heterocycles. The van der Waals surface area contributed by atoms with Crippen LogP contribution in [0.1, 0.15) is 35.8 Å². The molecule has 0 aliphatic heterocycles. The molecular weight excluding hydrogens is 421 g/mol. The summed E-state index contributed by atoms with van der Waals surface area (Å²) in [7, 11) is 1.48. The number of hydrogen-bond acceptors (Lipinski definition) is 4. The molecule has 4 rings (SSSR count). The van der Waals surface area contributed by atoms with Crippen molar-refractivity contribution < 1.29 is 31.4 Å². The minimum atomic E-state index is -4.49. The molecule has 1 aromatic carbocycles. The van der Waals surface area contributed by atoms with Gasteiger partial charge < -0.3 is 14.5 Å². The predicted octanol–water partition coefficient (Wildman–Crippen LogP) is 5.59. The lowest BCUT2D eigenvalue weighted by Gasteiger charge is -2.33. The summed E-state index contributed by atoms with van der Waals surface area (Å²) in [6, 6.07) is 7.23. The molecule has 10 heteroatoms. The van der Waals surface area contributed by atoms with Crippen molar-refractivity contribution >= 4 is 0 Å². The van der Waals surface area contributed by atoms with Gasteiger partial charge in [-0.05, 0) is 18.2 Å². The smallest absolute Gasteiger partial charge is 0.433 e. The number of hydrogen-bond donors (Lipinski definition) is 1. The Morgan fingerprint density at radius 2 is 1.87 bits per heavy atom. The summed E-state index contributed by atoms with van der Waals surface area (Å²) in [5, 5.41) is 0. The second-order valence-electron chi connectivity index (χ2n) is 7.34. The molecular formula is C21H18F5N3O2. The summed E-state index contributed by atoms with van der Waals surface area (Å²) >= 11 is 0. The zero-order chi connectivity index (χ0) is 22.2. The van der Waals surface area contributed by atoms with Crippen molar-refractivity contribution in [1.29, 1.82) is 0 Å². The van der Waals surface area contributed by atoms with Gasteiger partial charge in [0.25, 0.3) is 0 Å². The first-order valence-electron chi connectivity index (χ1n) is 9.41. The standard InChI is InChI=1S/C21H18F5N3O2/c1-30-17-6-14(31-11-12-2-5-18(27-9-12)21(24,25)26)3-4-15(17)16-10-28-19(29-16)13-7-20(22,23)8-13/h2-6,9-10,13H,7-8,11H2,1H3,(H,28,29). The minimum absolute atomic E-state index is 0.0255. The zero-order valence-corrected chi connectivity index (χ0v) is 16.3. The summed E-state index contributed by atoms with van der Waals surface area (Å²) in [5.74, 6) is -1.50. The Hall–Kier alpha value is -3.17. The molecule has 1 aliphatic rings. The Kier molecular flexibility index (Phi) is 5.32. The molecule has 1 aliphatic carbocycles. The highest BCUT2D eigenvalue weighted by atomic mass is 19.4. The number of methoxy groups -OCH3 is 1. The number of H-pyrrole nitrogens is 1. The SMILES string of the molecule is COc1cc(OCc2ccc(C(F)(F)F)nc2)ccc1-c1cnc(C2CC(F)(F)C2)[nH]1. The lowest BCUT2D eigenvalue weighted by atomic mass is 9.81. The molecule has 0 atom stereocenters. The van der Waals surface area contributed by atoms with Crippen molar-refractivity contribution in [2.75, 3.05) is 7.11 Å². The normalized spacial score (nSPS) is 16.1. The molecule has 1 fully saturated rings. The van der Waals surface area contributed by atoms with E-state index in [9.17, 15) is 22.0 Å². The van der Waals surface area contributed by atoms with Crippen molar-refractivity contribution in [2.24, 2.45) is 0 Å². The first-order valence-corrected chi connectivity index (χ1v) is 9.41. The lowest BCUT2D eigenvalue weighted by Crippen LogP contribution is -2.34. The number of alkyl halides is 5. The first-order chi connectivity index (χ1) is 14.6. The summed E-state index contributed by atoms with van der Waals surface area (Å²) in [6.07, 6.45) is -2.25. The molecule has 0 amide bonds. The number of nitrogens with one attached hydrogen (secondary N) is 1. The Bertz CT molecular complexity index is 1060. The third kappa shape index (κ3) is 4.62. The predicted molar refractivity (Wildman–Crippen MR) is 101 cm³/mol. The van der Waals surface area contributed by atoms with E-state index in [0.29, 0.717) is 34.1 Å². The van der Waals surface area contributed by atoms with E-state index in [-0.39, 0.29) is 25.4 Å². The molecule has 0 unspecified atom stereocenters. The van der Waals surface area contributed by atoms with Crippen LogP contribution in [-0.4, -0.2) is 28.0 Å². The maximum Gasteiger partial charge on any atom is 0.433 e. The van der Waals surface area contributed by atoms with E-state index >= 15 is 0 Å². The van der Waals surface area contributed by atoms with Crippen LogP contribution >= 0.6 is 0 Å². The van der Waals surface area contributed by atoms with Crippen molar-refractivity contribution in [3.8, 4) is 22.8 Å². The monoisotopic (exact) mass is 439 g/mol. The van der Waals surface area contributed by atoms with Gasteiger partial charge in [-0.3, -0.25) is 4.98 Å². The molecule has 2 aromatic heterocycles. The van der Waals surface area contributed by atoms with Crippen molar-refractivity contribution in [3.05, 3.63) is 59.8 Å². The number of benzene rings is 1. The molecule has 1 N–H and O–H groups in total. The van der Waals surface area contributed by atoms with Crippen molar-refractivity contribution in [1.82, 2.24) is 15.0 Å². The third-order valence-corrected chi connectivity index (χ3v) is 5.06. The van der Waals surface area contributed by atoms with Crippen LogP contribution in [0.4, 0.5) is 22.0 Å². The summed E-state index contributed by atoms with van der Waals surface area (Å²) < 4.78 is 75.0. The number of rotatable bonds is 6. The van der Waals surface area contributed by atoms with Crippen LogP contribution < -0.4 is 9.47 Å². The number of imidazole rings is 1. The second kappa shape index (κ2) is 7.82. The molecule has 0 radical (unpaired) electrons. The number of aromatic amines is 1. The highest BCUT2D eigenvalue weighted by Gasteiger charge is 2.47. The van der Waals surface area contributed by atoms with Gasteiger partial charge >= 0.3 is 6.18 Å². The number of pyridine rings is 1. The van der Waals surface area contributed by atoms with Gasteiger partial charge in [0.2, 0.25) is 5.92 Å². The van der Waals surface area contributed by atoms with Crippen molar-refractivity contribution in [3.63, 3.8) is 0 Å². The number of ether oxygens (including phenoxy) is 2. The van der Waals surface area contributed by atoms with E-state index in [0.717, 1.165) is 12.3 Å². The Morgan fingerprint density at radius 3 is 2.48 bits per heavy atom. The van der Waals surface area contributed by atoms with Gasteiger partial charge in [0.1, 0.15) is 29.6 Å². The third-order valence-electron chi connectivity index (χ3n) is 5.06. The highest BCUT2D eigenvalue weighted by molar-refractivity contribution is 5.68. The molecule has 5 nitrogen and oxygen atoms in total. The number of aromatic nitrogens is 3. The van der Waals surface area contributed by atoms with Gasteiger partial charge in [0.15, 0.2) is 0 Å². The molecule has 0 spiro atoms. The fourth-order valence-electron chi connectivity index (χ4n) is 3.36. The lowest BCUT2D eigenvalue weighted by molar-refractivity contribution is -0.141. The van der Waals surface area contributed by atoms with Crippen LogP contribution in [0, 0.1) is 0 Å². The van der Waals surface area contributed by atoms with Crippen LogP contribution in [0.2, 0.25) is 0 Å². The number of halogens is 5. The van der Waals surface area contributed by atoms with E-state index in [1.807, 2.05) is 0 Å². The zero-order valence-electron chi connectivity index (χ0n) is 16.3. The van der Waals surface area contributed by atoms with E-state index < -0.39 is 17.8 Å². The van der Waals surface area contributed by atoms with Gasteiger partial charge in [-0.1, -0.05) is 6.07 Å². The van der Waals surface area contributed by atoms with Gasteiger partial charge in [0, 0.05) is 42.1 Å². The van der Waals surface area contributed by atoms with Gasteiger partial charge in [-0.2, -0.15) is 13.2 Å². The minimum Gasteiger partial charge on any atom is -0.496 e. The molecule has 3 aromatic rings. The fraction of sp³-hybridized carbons (Fsp3) is 0.333. The summed E-state index contributed by atoms with van der Waals surface area (Å²) in [6.45, 7) is 0.0255. The molecule has 31 heavy (non-hydrogen) atoms. The molecule has 2 heterocycles. The quantitative estimate of drug-likeness (QED) is 0.509. The first kappa shape index (κ1) is 21.1. The second-order valence-corrected chi connectivity index (χ2v) is 7.34. The topological polar surface area (TPSA) is 60.0 Å². The fourth-order valence-corrected chi connectivity index (χ4v) is 3.36. The molecule has 0 bridgehead atoms. The summed E-state index contributed by atoms with van der Waals surface area (Å²) in [5.41, 5.74) is 0.815. The van der Waals surface area contributed by atoms with Crippen LogP contribution in [0.15, 0.2) is 42.7 Å². The van der Waals surface area contributed by atoms with Crippen LogP contribution in [0.25, 0.3) is 11.3 Å². The van der Waals surface area contributed by atoms with Gasteiger partial charge in [-0.15, -0.1) is 0 Å². The van der Waals surface area contributed by atoms with Crippen LogP contribution in [0.5, 0.6) is 11.5 Å². The van der Waals surface area contributed by atoms with E-state index in [2.05, 4.69) is 15.0 Å². The average molecular weight is 439 g/mol. The number of nitrogens with zero attached hydrogens (tertiary/aromatic N) is 2. The van der Waals surface area contributed by atoms with Crippen LogP contribution in [-0.2, 0) is 12.8 Å². The Labute approximate surface area is 174 Å². The van der Waals surface area contributed by atoms with E-state index in [4.69, 9.17) is 9.47 Å². The summed E-state index contributed by atoms with van der Waals surface area (Å²) in [4.78, 5) is 10.7. The van der Waals surface area contributed by atoms with Gasteiger partial charge in [0.05, 0.1) is 19.0 Å². The maximum absolute atomic E-state index is 13.1. The average Bonchev–Trinajstić information content (AvgIpc) is 3.19. The van der Waals surface area contributed by atoms with Gasteiger partial charge in [-0.25, -0.2) is 13.8 Å². The van der Waals surface area contributed by atoms with Crippen molar-refractivity contribution in [2.45, 2.75) is 37.5 Å². The van der Waals surface area contributed by atoms with E-state index in [1.54, 1.807) is 24.4 Å². The Morgan fingerprint density at radius 1 is 1.10 bits per heavy atom.